The Morgan fingerprint density at radius 1 is 1.39 bits per heavy atom. The highest BCUT2D eigenvalue weighted by Gasteiger charge is 2.23. The molecule has 0 fully saturated rings. The topological polar surface area (TPSA) is 70.2 Å². The summed E-state index contributed by atoms with van der Waals surface area (Å²) in [5, 5.41) is 21.8. The van der Waals surface area contributed by atoms with Gasteiger partial charge in [0.1, 0.15) is 23.9 Å². The van der Waals surface area contributed by atoms with Crippen molar-refractivity contribution in [1.29, 1.82) is 5.26 Å². The van der Waals surface area contributed by atoms with Gasteiger partial charge in [-0.3, -0.25) is 5.32 Å². The van der Waals surface area contributed by atoms with E-state index in [9.17, 15) is 10.4 Å². The molecule has 0 aromatic carbocycles. The van der Waals surface area contributed by atoms with Crippen LogP contribution in [0.25, 0.3) is 0 Å². The number of H-pyrrole nitrogens is 1. The van der Waals surface area contributed by atoms with Gasteiger partial charge in [-0.1, -0.05) is 0 Å². The molecule has 0 radical (unpaired) electrons. The van der Waals surface area contributed by atoms with Gasteiger partial charge in [0, 0.05) is 0 Å². The molecule has 4 nitrogen and oxygen atoms in total. The molecule has 1 heterocycles. The maximum absolute atomic E-state index is 9.36. The van der Waals surface area contributed by atoms with Gasteiger partial charge in [0.15, 0.2) is 0 Å². The van der Waals surface area contributed by atoms with Crippen LogP contribution in [0.3, 0.4) is 0 Å². The monoisotopic (exact) mass is 246 g/mol. The number of aromatic nitrogens is 1. The summed E-state index contributed by atoms with van der Waals surface area (Å²) in [5.74, 6) is 0.747. The number of anilines is 1. The Bertz CT molecular complexity index is 489. The van der Waals surface area contributed by atoms with Crippen LogP contribution in [-0.2, 0) is 12.8 Å². The molecule has 96 valence electrons. The SMILES string of the molecule is Cc1[nH+]c(NC[C@@H](C)O)c(C#N)c2c1CCCC2. The summed E-state index contributed by atoms with van der Waals surface area (Å²) in [6.45, 7) is 4.23. The highest BCUT2D eigenvalue weighted by molar-refractivity contribution is 5.56. The molecule has 1 aromatic rings. The van der Waals surface area contributed by atoms with Crippen molar-refractivity contribution in [3.05, 3.63) is 22.4 Å². The van der Waals surface area contributed by atoms with Gasteiger partial charge in [0.2, 0.25) is 0 Å². The van der Waals surface area contributed by atoms with Crippen LogP contribution in [0.15, 0.2) is 0 Å². The Kier molecular flexibility index (Phi) is 3.83. The van der Waals surface area contributed by atoms with Crippen molar-refractivity contribution in [2.24, 2.45) is 0 Å². The predicted molar refractivity (Wildman–Crippen MR) is 69.3 cm³/mol. The highest BCUT2D eigenvalue weighted by atomic mass is 16.3. The smallest absolute Gasteiger partial charge is 0.290 e. The number of rotatable bonds is 3. The molecule has 0 amide bonds. The van der Waals surface area contributed by atoms with E-state index in [-0.39, 0.29) is 0 Å². The minimum atomic E-state index is -0.429. The first-order chi connectivity index (χ1) is 8.63. The fourth-order valence-corrected chi connectivity index (χ4v) is 2.58. The van der Waals surface area contributed by atoms with E-state index in [1.807, 2.05) is 0 Å². The van der Waals surface area contributed by atoms with Crippen LogP contribution in [-0.4, -0.2) is 17.8 Å². The Labute approximate surface area is 108 Å². The third-order valence-corrected chi connectivity index (χ3v) is 3.47. The zero-order valence-electron chi connectivity index (χ0n) is 11.0. The standard InChI is InChI=1S/C14H19N3O/c1-9(18)8-16-14-13(7-15)12-6-4-3-5-11(12)10(2)17-14/h9,18H,3-6,8H2,1-2H3,(H,16,17)/p+1/t9-/m1/s1. The van der Waals surface area contributed by atoms with Crippen LogP contribution in [0.2, 0.25) is 0 Å². The first-order valence-electron chi connectivity index (χ1n) is 6.53. The minimum Gasteiger partial charge on any atom is -0.389 e. The molecule has 1 aromatic heterocycles. The van der Waals surface area contributed by atoms with Gasteiger partial charge in [-0.25, -0.2) is 4.98 Å². The molecule has 1 atom stereocenters. The normalized spacial score (nSPS) is 15.7. The molecule has 1 aliphatic rings. The number of hydrogen-bond donors (Lipinski definition) is 2. The van der Waals surface area contributed by atoms with E-state index in [0.717, 1.165) is 36.3 Å². The summed E-state index contributed by atoms with van der Waals surface area (Å²) in [5.41, 5.74) is 4.35. The lowest BCUT2D eigenvalue weighted by atomic mass is 9.88. The molecular weight excluding hydrogens is 226 g/mol. The first kappa shape index (κ1) is 12.8. The number of aromatic amines is 1. The van der Waals surface area contributed by atoms with E-state index in [1.165, 1.54) is 17.5 Å². The maximum atomic E-state index is 9.36. The molecule has 0 aliphatic heterocycles. The number of aliphatic hydroxyl groups excluding tert-OH is 1. The van der Waals surface area contributed by atoms with Crippen LogP contribution in [0.5, 0.6) is 0 Å². The predicted octanol–water partition coefficient (Wildman–Crippen LogP) is 1.35. The van der Waals surface area contributed by atoms with Gasteiger partial charge in [-0.05, 0) is 50.7 Å². The summed E-state index contributed by atoms with van der Waals surface area (Å²) in [7, 11) is 0. The Balaban J connectivity index is 2.41. The fourth-order valence-electron chi connectivity index (χ4n) is 2.58. The van der Waals surface area contributed by atoms with Crippen molar-refractivity contribution in [1.82, 2.24) is 0 Å². The number of aliphatic hydroxyl groups is 1. The van der Waals surface area contributed by atoms with Gasteiger partial charge in [-0.15, -0.1) is 0 Å². The number of pyridine rings is 1. The number of nitrogens with zero attached hydrogens (tertiary/aromatic N) is 1. The minimum absolute atomic E-state index is 0.429. The zero-order chi connectivity index (χ0) is 13.1. The van der Waals surface area contributed by atoms with Gasteiger partial charge >= 0.3 is 0 Å². The third-order valence-electron chi connectivity index (χ3n) is 3.47. The maximum Gasteiger partial charge on any atom is 0.290 e. The second-order valence-corrected chi connectivity index (χ2v) is 5.01. The summed E-state index contributed by atoms with van der Waals surface area (Å²) in [4.78, 5) is 3.27. The van der Waals surface area contributed by atoms with E-state index in [1.54, 1.807) is 6.92 Å². The molecule has 1 aliphatic carbocycles. The number of nitrogens with one attached hydrogen (secondary N) is 2. The Hall–Kier alpha value is -1.60. The van der Waals surface area contributed by atoms with E-state index in [4.69, 9.17) is 0 Å². The van der Waals surface area contributed by atoms with E-state index < -0.39 is 6.10 Å². The quantitative estimate of drug-likeness (QED) is 0.845. The summed E-state index contributed by atoms with van der Waals surface area (Å²) in [6, 6.07) is 2.30. The molecular formula is C14H20N3O+. The average molecular weight is 246 g/mol. The van der Waals surface area contributed by atoms with E-state index in [2.05, 4.69) is 23.3 Å². The van der Waals surface area contributed by atoms with E-state index in [0.29, 0.717) is 6.54 Å². The van der Waals surface area contributed by atoms with Crippen molar-refractivity contribution in [2.75, 3.05) is 11.9 Å². The number of aryl methyl sites for hydroxylation is 1. The molecule has 0 saturated heterocycles. The molecule has 0 spiro atoms. The second kappa shape index (κ2) is 5.36. The highest BCUT2D eigenvalue weighted by Crippen LogP contribution is 2.27. The molecule has 0 bridgehead atoms. The lowest BCUT2D eigenvalue weighted by Crippen LogP contribution is -2.27. The summed E-state index contributed by atoms with van der Waals surface area (Å²) >= 11 is 0. The number of nitriles is 1. The van der Waals surface area contributed by atoms with Crippen LogP contribution in [0, 0.1) is 18.3 Å². The number of fused-ring (bicyclic) bond motifs is 1. The van der Waals surface area contributed by atoms with Crippen LogP contribution < -0.4 is 10.3 Å². The molecule has 18 heavy (non-hydrogen) atoms. The Morgan fingerprint density at radius 2 is 2.06 bits per heavy atom. The van der Waals surface area contributed by atoms with Crippen molar-refractivity contribution < 1.29 is 10.1 Å². The molecule has 0 unspecified atom stereocenters. The van der Waals surface area contributed by atoms with Crippen LogP contribution >= 0.6 is 0 Å². The second-order valence-electron chi connectivity index (χ2n) is 5.01. The van der Waals surface area contributed by atoms with Crippen molar-refractivity contribution in [3.63, 3.8) is 0 Å². The Morgan fingerprint density at radius 3 is 2.67 bits per heavy atom. The van der Waals surface area contributed by atoms with Gasteiger partial charge in [0.25, 0.3) is 5.82 Å². The molecule has 4 heteroatoms. The van der Waals surface area contributed by atoms with Crippen LogP contribution in [0.4, 0.5) is 5.82 Å². The summed E-state index contributed by atoms with van der Waals surface area (Å²) < 4.78 is 0. The fraction of sp³-hybridized carbons (Fsp3) is 0.571. The number of hydrogen-bond acceptors (Lipinski definition) is 3. The van der Waals surface area contributed by atoms with Crippen molar-refractivity contribution >= 4 is 5.82 Å². The largest absolute Gasteiger partial charge is 0.389 e. The van der Waals surface area contributed by atoms with Gasteiger partial charge in [-0.2, -0.15) is 5.26 Å². The van der Waals surface area contributed by atoms with Gasteiger partial charge < -0.3 is 5.11 Å². The summed E-state index contributed by atoms with van der Waals surface area (Å²) in [6.07, 6.45) is 3.97. The van der Waals surface area contributed by atoms with E-state index >= 15 is 0 Å². The lowest BCUT2D eigenvalue weighted by molar-refractivity contribution is -0.372. The molecule has 2 rings (SSSR count). The zero-order valence-corrected chi connectivity index (χ0v) is 11.0. The lowest BCUT2D eigenvalue weighted by Gasteiger charge is -2.18. The van der Waals surface area contributed by atoms with Crippen LogP contribution in [0.1, 0.15) is 42.1 Å². The van der Waals surface area contributed by atoms with Crippen molar-refractivity contribution in [3.8, 4) is 6.07 Å². The molecule has 3 N–H and O–H groups in total. The average Bonchev–Trinajstić information content (AvgIpc) is 2.36. The van der Waals surface area contributed by atoms with Gasteiger partial charge in [0.05, 0.1) is 6.10 Å². The molecule has 0 saturated carbocycles. The third kappa shape index (κ3) is 2.46. The first-order valence-corrected chi connectivity index (χ1v) is 6.53. The van der Waals surface area contributed by atoms with Crippen molar-refractivity contribution in [2.45, 2.75) is 45.6 Å².